The quantitative estimate of drug-likeness (QED) is 0.429. The van der Waals surface area contributed by atoms with Crippen LogP contribution >= 0.6 is 0 Å². The number of nitrogens with two attached hydrogens (primary N) is 2. The van der Waals surface area contributed by atoms with Crippen molar-refractivity contribution in [2.24, 2.45) is 11.6 Å². The maximum atomic E-state index is 10.9. The van der Waals surface area contributed by atoms with Crippen molar-refractivity contribution in [3.05, 3.63) is 29.8 Å². The zero-order chi connectivity index (χ0) is 13.7. The summed E-state index contributed by atoms with van der Waals surface area (Å²) in [4.78, 5) is 15.0. The molecule has 0 saturated heterocycles. The molecular weight excluding hydrogens is 232 g/mol. The predicted octanol–water partition coefficient (Wildman–Crippen LogP) is -0.350. The zero-order valence-corrected chi connectivity index (χ0v) is 10.7. The van der Waals surface area contributed by atoms with Crippen LogP contribution in [-0.4, -0.2) is 30.0 Å². The van der Waals surface area contributed by atoms with Crippen LogP contribution in [0, 0.1) is 0 Å². The second-order valence-electron chi connectivity index (χ2n) is 3.74. The summed E-state index contributed by atoms with van der Waals surface area (Å²) in [5.74, 6) is 6.05. The van der Waals surface area contributed by atoms with E-state index >= 15 is 0 Å². The molecule has 1 rings (SSSR count). The Morgan fingerprint density at radius 3 is 2.50 bits per heavy atom. The third kappa shape index (κ3) is 3.36. The van der Waals surface area contributed by atoms with E-state index in [1.165, 1.54) is 18.1 Å². The van der Waals surface area contributed by atoms with Crippen LogP contribution in [0.1, 0.15) is 12.6 Å². The monoisotopic (exact) mass is 250 g/mol. The van der Waals surface area contributed by atoms with Gasteiger partial charge in [-0.2, -0.15) is 0 Å². The van der Waals surface area contributed by atoms with E-state index in [9.17, 15) is 4.79 Å². The predicted molar refractivity (Wildman–Crippen MR) is 70.7 cm³/mol. The van der Waals surface area contributed by atoms with Gasteiger partial charge in [-0.05, 0) is 12.1 Å². The molecule has 0 aliphatic heterocycles. The van der Waals surface area contributed by atoms with Crippen LogP contribution in [0.4, 0.5) is 5.69 Å². The van der Waals surface area contributed by atoms with E-state index in [0.717, 1.165) is 0 Å². The molecule has 1 aromatic rings. The van der Waals surface area contributed by atoms with E-state index in [2.05, 4.69) is 15.6 Å². The highest BCUT2D eigenvalue weighted by Crippen LogP contribution is 2.13. The SMILES string of the molecule is CN/C(=C(/N)c1ccc(NC(C)=O)cn1)N(C)N. The molecule has 0 aromatic carbocycles. The van der Waals surface area contributed by atoms with Crippen molar-refractivity contribution in [3.63, 3.8) is 0 Å². The number of hydrogen-bond acceptors (Lipinski definition) is 6. The largest absolute Gasteiger partial charge is 0.394 e. The smallest absolute Gasteiger partial charge is 0.221 e. The minimum atomic E-state index is -0.148. The Bertz CT molecular complexity index is 451. The molecule has 18 heavy (non-hydrogen) atoms. The molecule has 7 heteroatoms. The summed E-state index contributed by atoms with van der Waals surface area (Å²) in [5.41, 5.74) is 7.57. The zero-order valence-electron chi connectivity index (χ0n) is 10.7. The Morgan fingerprint density at radius 1 is 1.44 bits per heavy atom. The molecule has 0 aliphatic carbocycles. The van der Waals surface area contributed by atoms with Gasteiger partial charge in [-0.1, -0.05) is 0 Å². The number of carbonyl (C=O) groups excluding carboxylic acids is 1. The lowest BCUT2D eigenvalue weighted by atomic mass is 10.2. The third-order valence-electron chi connectivity index (χ3n) is 2.20. The summed E-state index contributed by atoms with van der Waals surface area (Å²) in [6.07, 6.45) is 1.54. The molecular formula is C11H18N6O. The van der Waals surface area contributed by atoms with Crippen LogP contribution in [-0.2, 0) is 4.79 Å². The van der Waals surface area contributed by atoms with Crippen LogP contribution in [0.15, 0.2) is 24.2 Å². The van der Waals surface area contributed by atoms with E-state index in [-0.39, 0.29) is 5.91 Å². The molecule has 0 bridgehead atoms. The molecule has 0 radical (unpaired) electrons. The molecule has 0 saturated carbocycles. The van der Waals surface area contributed by atoms with Crippen molar-refractivity contribution in [1.29, 1.82) is 0 Å². The Hall–Kier alpha value is -2.28. The second-order valence-corrected chi connectivity index (χ2v) is 3.74. The fourth-order valence-corrected chi connectivity index (χ4v) is 1.45. The van der Waals surface area contributed by atoms with Crippen molar-refractivity contribution < 1.29 is 4.79 Å². The Balaban J connectivity index is 3.00. The number of amides is 1. The van der Waals surface area contributed by atoms with Crippen molar-refractivity contribution in [1.82, 2.24) is 15.3 Å². The van der Waals surface area contributed by atoms with Crippen molar-refractivity contribution >= 4 is 17.3 Å². The van der Waals surface area contributed by atoms with Gasteiger partial charge in [-0.15, -0.1) is 0 Å². The number of hydrogen-bond donors (Lipinski definition) is 4. The van der Waals surface area contributed by atoms with Gasteiger partial charge in [0, 0.05) is 21.0 Å². The third-order valence-corrected chi connectivity index (χ3v) is 2.20. The molecule has 1 amide bonds. The minimum absolute atomic E-state index is 0.148. The molecule has 0 atom stereocenters. The van der Waals surface area contributed by atoms with E-state index in [4.69, 9.17) is 11.6 Å². The van der Waals surface area contributed by atoms with Gasteiger partial charge in [-0.25, -0.2) is 5.84 Å². The Labute approximate surface area is 106 Å². The Kier molecular flexibility index (Phi) is 4.50. The molecule has 0 spiro atoms. The summed E-state index contributed by atoms with van der Waals surface area (Å²) in [6.45, 7) is 1.44. The first-order chi connectivity index (χ1) is 8.45. The summed E-state index contributed by atoms with van der Waals surface area (Å²) >= 11 is 0. The minimum Gasteiger partial charge on any atom is -0.394 e. The number of hydrazine groups is 1. The number of rotatable bonds is 4. The average Bonchev–Trinajstić information content (AvgIpc) is 2.29. The molecule has 7 nitrogen and oxygen atoms in total. The van der Waals surface area contributed by atoms with Crippen LogP contribution in [0.5, 0.6) is 0 Å². The van der Waals surface area contributed by atoms with Gasteiger partial charge in [0.05, 0.1) is 23.3 Å². The van der Waals surface area contributed by atoms with E-state index in [1.807, 2.05) is 0 Å². The molecule has 1 aromatic heterocycles. The number of carbonyl (C=O) groups is 1. The normalized spacial score (nSPS) is 11.6. The fraction of sp³-hybridized carbons (Fsp3) is 0.273. The van der Waals surface area contributed by atoms with E-state index < -0.39 is 0 Å². The van der Waals surface area contributed by atoms with Crippen molar-refractivity contribution in [3.8, 4) is 0 Å². The van der Waals surface area contributed by atoms with Gasteiger partial charge in [-0.3, -0.25) is 14.8 Å². The van der Waals surface area contributed by atoms with Crippen molar-refractivity contribution in [2.75, 3.05) is 19.4 Å². The average molecular weight is 250 g/mol. The van der Waals surface area contributed by atoms with Crippen LogP contribution in [0.3, 0.4) is 0 Å². The van der Waals surface area contributed by atoms with Crippen LogP contribution in [0.25, 0.3) is 5.70 Å². The molecule has 0 aliphatic rings. The number of nitrogens with one attached hydrogen (secondary N) is 2. The number of anilines is 1. The highest BCUT2D eigenvalue weighted by molar-refractivity contribution is 5.88. The van der Waals surface area contributed by atoms with Gasteiger partial charge in [0.25, 0.3) is 0 Å². The number of nitrogens with zero attached hydrogens (tertiary/aromatic N) is 2. The molecule has 1 heterocycles. The van der Waals surface area contributed by atoms with Gasteiger partial charge in [0.2, 0.25) is 5.91 Å². The molecule has 0 fully saturated rings. The topological polar surface area (TPSA) is 109 Å². The lowest BCUT2D eigenvalue weighted by Crippen LogP contribution is -2.34. The molecule has 0 unspecified atom stereocenters. The molecule has 6 N–H and O–H groups in total. The van der Waals surface area contributed by atoms with E-state index in [1.54, 1.807) is 26.2 Å². The summed E-state index contributed by atoms with van der Waals surface area (Å²) < 4.78 is 0. The summed E-state index contributed by atoms with van der Waals surface area (Å²) in [6, 6.07) is 3.43. The van der Waals surface area contributed by atoms with Crippen LogP contribution in [0.2, 0.25) is 0 Å². The van der Waals surface area contributed by atoms with E-state index in [0.29, 0.717) is 22.9 Å². The molecule has 98 valence electrons. The second kappa shape index (κ2) is 5.87. The van der Waals surface area contributed by atoms with Gasteiger partial charge in [0.15, 0.2) is 0 Å². The standard InChI is InChI=1S/C11H18N6O/c1-7(18)16-8-4-5-9(15-6-8)10(12)11(14-2)17(3)13/h4-6,14H,12-13H2,1-3H3,(H,16,18)/b11-10-. The fourth-order valence-electron chi connectivity index (χ4n) is 1.45. The number of aromatic nitrogens is 1. The lowest BCUT2D eigenvalue weighted by molar-refractivity contribution is -0.114. The Morgan fingerprint density at radius 2 is 2.11 bits per heavy atom. The van der Waals surface area contributed by atoms with Gasteiger partial charge >= 0.3 is 0 Å². The first-order valence-corrected chi connectivity index (χ1v) is 5.35. The first kappa shape index (κ1) is 13.8. The van der Waals surface area contributed by atoms with Gasteiger partial charge < -0.3 is 16.4 Å². The lowest BCUT2D eigenvalue weighted by Gasteiger charge is -2.18. The summed E-state index contributed by atoms with van der Waals surface area (Å²) in [7, 11) is 3.39. The highest BCUT2D eigenvalue weighted by Gasteiger charge is 2.08. The van der Waals surface area contributed by atoms with Crippen LogP contribution < -0.4 is 22.2 Å². The maximum Gasteiger partial charge on any atom is 0.221 e. The summed E-state index contributed by atoms with van der Waals surface area (Å²) in [5, 5.41) is 6.89. The maximum absolute atomic E-state index is 10.9. The first-order valence-electron chi connectivity index (χ1n) is 5.35. The number of pyridine rings is 1. The highest BCUT2D eigenvalue weighted by atomic mass is 16.1. The van der Waals surface area contributed by atoms with Gasteiger partial charge in [0.1, 0.15) is 5.82 Å². The van der Waals surface area contributed by atoms with Crippen molar-refractivity contribution in [2.45, 2.75) is 6.92 Å².